The van der Waals surface area contributed by atoms with Gasteiger partial charge < -0.3 is 0 Å². The summed E-state index contributed by atoms with van der Waals surface area (Å²) in [6.45, 7) is 2.74. The first kappa shape index (κ1) is 10.3. The van der Waals surface area contributed by atoms with Crippen molar-refractivity contribution in [3.05, 3.63) is 42.0 Å². The summed E-state index contributed by atoms with van der Waals surface area (Å²) in [7, 11) is 0. The van der Waals surface area contributed by atoms with Crippen molar-refractivity contribution in [2.75, 3.05) is 0 Å². The summed E-state index contributed by atoms with van der Waals surface area (Å²) in [6.07, 6.45) is 5.53. The van der Waals surface area contributed by atoms with Gasteiger partial charge in [0, 0.05) is 18.6 Å². The Morgan fingerprint density at radius 1 is 1.53 bits per heavy atom. The van der Waals surface area contributed by atoms with E-state index < -0.39 is 0 Å². The molecule has 0 aliphatic rings. The lowest BCUT2D eigenvalue weighted by atomic mass is 10.3. The van der Waals surface area contributed by atoms with Crippen molar-refractivity contribution >= 4 is 15.9 Å². The van der Waals surface area contributed by atoms with Gasteiger partial charge in [0.1, 0.15) is 0 Å². The van der Waals surface area contributed by atoms with E-state index in [9.17, 15) is 0 Å². The molecule has 0 aliphatic heterocycles. The molecule has 78 valence electrons. The molecule has 0 saturated heterocycles. The van der Waals surface area contributed by atoms with E-state index in [1.54, 1.807) is 6.20 Å². The summed E-state index contributed by atoms with van der Waals surface area (Å²) in [5, 5.41) is 8.10. The molecular weight excluding hydrogens is 256 g/mol. The zero-order chi connectivity index (χ0) is 10.7. The fourth-order valence-corrected chi connectivity index (χ4v) is 1.46. The van der Waals surface area contributed by atoms with E-state index in [1.165, 1.54) is 0 Å². The Kier molecular flexibility index (Phi) is 3.11. The zero-order valence-electron chi connectivity index (χ0n) is 8.34. The molecule has 0 fully saturated rings. The van der Waals surface area contributed by atoms with Crippen LogP contribution in [-0.4, -0.2) is 20.0 Å². The van der Waals surface area contributed by atoms with E-state index >= 15 is 0 Å². The maximum absolute atomic E-state index is 4.06. The molecule has 0 bridgehead atoms. The van der Waals surface area contributed by atoms with Crippen LogP contribution < -0.4 is 0 Å². The summed E-state index contributed by atoms with van der Waals surface area (Å²) < 4.78 is 1.81. The monoisotopic (exact) mass is 266 g/mol. The van der Waals surface area contributed by atoms with E-state index in [4.69, 9.17) is 0 Å². The van der Waals surface area contributed by atoms with Gasteiger partial charge in [-0.1, -0.05) is 27.2 Å². The maximum Gasteiger partial charge on any atom is 0.0960 e. The van der Waals surface area contributed by atoms with Gasteiger partial charge in [0.15, 0.2) is 0 Å². The zero-order valence-corrected chi connectivity index (χ0v) is 9.92. The van der Waals surface area contributed by atoms with Gasteiger partial charge in [-0.15, -0.1) is 5.10 Å². The highest BCUT2D eigenvalue weighted by Crippen LogP contribution is 2.18. The van der Waals surface area contributed by atoms with Crippen molar-refractivity contribution in [3.8, 4) is 0 Å². The van der Waals surface area contributed by atoms with Gasteiger partial charge in [-0.05, 0) is 18.6 Å². The van der Waals surface area contributed by atoms with Crippen LogP contribution in [0.2, 0.25) is 0 Å². The lowest BCUT2D eigenvalue weighted by molar-refractivity contribution is 0.648. The highest BCUT2D eigenvalue weighted by molar-refractivity contribution is 9.09. The third-order valence-corrected chi connectivity index (χ3v) is 2.50. The Balaban J connectivity index is 2.12. The molecule has 2 aromatic heterocycles. The fourth-order valence-electron chi connectivity index (χ4n) is 1.25. The Bertz CT molecular complexity index is 424. The van der Waals surface area contributed by atoms with E-state index in [-0.39, 0.29) is 4.83 Å². The van der Waals surface area contributed by atoms with E-state index in [1.807, 2.05) is 36.1 Å². The third-order valence-electron chi connectivity index (χ3n) is 2.03. The molecule has 15 heavy (non-hydrogen) atoms. The first-order chi connectivity index (χ1) is 7.25. The van der Waals surface area contributed by atoms with Gasteiger partial charge in [0.05, 0.1) is 17.1 Å². The minimum Gasteiger partial charge on any atom is -0.264 e. The molecule has 0 saturated carbocycles. The van der Waals surface area contributed by atoms with Gasteiger partial charge in [-0.2, -0.15) is 0 Å². The van der Waals surface area contributed by atoms with Crippen molar-refractivity contribution < 1.29 is 0 Å². The highest BCUT2D eigenvalue weighted by atomic mass is 79.9. The minimum atomic E-state index is 0.236. The predicted octanol–water partition coefficient (Wildman–Crippen LogP) is 2.18. The third kappa shape index (κ3) is 2.62. The standard InChI is InChI=1S/C10H11BrN4/c1-8(11)10-7-15(14-13-10)6-9-3-2-4-12-5-9/h2-5,7-8H,6H2,1H3. The molecule has 1 atom stereocenters. The van der Waals surface area contributed by atoms with Gasteiger partial charge in [0.2, 0.25) is 0 Å². The molecule has 0 aliphatic carbocycles. The molecule has 0 aromatic carbocycles. The summed E-state index contributed by atoms with van der Waals surface area (Å²) >= 11 is 3.45. The van der Waals surface area contributed by atoms with Crippen LogP contribution in [0, 0.1) is 0 Å². The first-order valence-electron chi connectivity index (χ1n) is 4.68. The van der Waals surface area contributed by atoms with E-state index in [2.05, 4.69) is 31.2 Å². The van der Waals surface area contributed by atoms with Crippen LogP contribution in [-0.2, 0) is 6.54 Å². The molecule has 0 N–H and O–H groups in total. The van der Waals surface area contributed by atoms with Crippen molar-refractivity contribution in [1.82, 2.24) is 20.0 Å². The molecule has 2 rings (SSSR count). The number of nitrogens with zero attached hydrogens (tertiary/aromatic N) is 4. The topological polar surface area (TPSA) is 43.6 Å². The Hall–Kier alpha value is -1.23. The van der Waals surface area contributed by atoms with E-state index in [0.717, 1.165) is 11.3 Å². The van der Waals surface area contributed by atoms with Gasteiger partial charge >= 0.3 is 0 Å². The number of aromatic nitrogens is 4. The Morgan fingerprint density at radius 3 is 3.00 bits per heavy atom. The van der Waals surface area contributed by atoms with Crippen LogP contribution in [0.25, 0.3) is 0 Å². The summed E-state index contributed by atoms with van der Waals surface area (Å²) in [5.74, 6) is 0. The first-order valence-corrected chi connectivity index (χ1v) is 5.60. The van der Waals surface area contributed by atoms with Gasteiger partial charge in [-0.25, -0.2) is 4.68 Å². The van der Waals surface area contributed by atoms with Crippen molar-refractivity contribution in [3.63, 3.8) is 0 Å². The molecule has 2 aromatic rings. The molecule has 0 amide bonds. The number of hydrogen-bond donors (Lipinski definition) is 0. The highest BCUT2D eigenvalue weighted by Gasteiger charge is 2.06. The molecule has 1 unspecified atom stereocenters. The van der Waals surface area contributed by atoms with Crippen LogP contribution in [0.15, 0.2) is 30.7 Å². The second-order valence-electron chi connectivity index (χ2n) is 3.32. The van der Waals surface area contributed by atoms with E-state index in [0.29, 0.717) is 6.54 Å². The average molecular weight is 267 g/mol. The molecule has 0 spiro atoms. The number of alkyl halides is 1. The minimum absolute atomic E-state index is 0.236. The number of pyridine rings is 1. The van der Waals surface area contributed by atoms with Crippen LogP contribution in [0.3, 0.4) is 0 Å². The molecule has 5 heteroatoms. The molecule has 0 radical (unpaired) electrons. The number of rotatable bonds is 3. The van der Waals surface area contributed by atoms with Gasteiger partial charge in [-0.3, -0.25) is 4.98 Å². The van der Waals surface area contributed by atoms with Crippen LogP contribution >= 0.6 is 15.9 Å². The lowest BCUT2D eigenvalue weighted by Crippen LogP contribution is -2.00. The van der Waals surface area contributed by atoms with Crippen LogP contribution in [0.1, 0.15) is 23.0 Å². The largest absolute Gasteiger partial charge is 0.264 e. The second kappa shape index (κ2) is 4.53. The fraction of sp³-hybridized carbons (Fsp3) is 0.300. The van der Waals surface area contributed by atoms with Crippen molar-refractivity contribution in [2.24, 2.45) is 0 Å². The van der Waals surface area contributed by atoms with Crippen molar-refractivity contribution in [1.29, 1.82) is 0 Å². The summed E-state index contributed by atoms with van der Waals surface area (Å²) in [5.41, 5.74) is 2.06. The van der Waals surface area contributed by atoms with Crippen molar-refractivity contribution in [2.45, 2.75) is 18.3 Å². The normalized spacial score (nSPS) is 12.7. The quantitative estimate of drug-likeness (QED) is 0.800. The Morgan fingerprint density at radius 2 is 2.40 bits per heavy atom. The summed E-state index contributed by atoms with van der Waals surface area (Å²) in [4.78, 5) is 4.29. The smallest absolute Gasteiger partial charge is 0.0960 e. The molecular formula is C10H11BrN4. The predicted molar refractivity (Wildman–Crippen MR) is 60.7 cm³/mol. The summed E-state index contributed by atoms with van der Waals surface area (Å²) in [6, 6.07) is 3.94. The number of halogens is 1. The molecule has 2 heterocycles. The maximum atomic E-state index is 4.06. The van der Waals surface area contributed by atoms with Crippen LogP contribution in [0.5, 0.6) is 0 Å². The average Bonchev–Trinajstić information content (AvgIpc) is 2.68. The molecule has 4 nitrogen and oxygen atoms in total. The Labute approximate surface area is 96.5 Å². The second-order valence-corrected chi connectivity index (χ2v) is 4.69. The lowest BCUT2D eigenvalue weighted by Gasteiger charge is -1.99. The SMILES string of the molecule is CC(Br)c1cn(Cc2cccnc2)nn1. The van der Waals surface area contributed by atoms with Gasteiger partial charge in [0.25, 0.3) is 0 Å². The van der Waals surface area contributed by atoms with Crippen LogP contribution in [0.4, 0.5) is 0 Å². The number of hydrogen-bond acceptors (Lipinski definition) is 3.